The van der Waals surface area contributed by atoms with Crippen LogP contribution in [0.2, 0.25) is 10.0 Å². The largest absolute Gasteiger partial charge is 0.490 e. The topological polar surface area (TPSA) is 61.6 Å². The van der Waals surface area contributed by atoms with E-state index in [4.69, 9.17) is 32.7 Å². The van der Waals surface area contributed by atoms with E-state index in [-0.39, 0.29) is 28.0 Å². The first kappa shape index (κ1) is 14.4. The summed E-state index contributed by atoms with van der Waals surface area (Å²) in [6, 6.07) is 9.31. The molecule has 2 aromatic rings. The molecule has 0 aliphatic rings. The number of benzene rings is 2. The van der Waals surface area contributed by atoms with E-state index in [1.54, 1.807) is 24.3 Å². The monoisotopic (exact) mass is 313 g/mol. The lowest BCUT2D eigenvalue weighted by molar-refractivity contribution is -0.386. The minimum Gasteiger partial charge on any atom is -0.490 e. The van der Waals surface area contributed by atoms with Gasteiger partial charge in [-0.1, -0.05) is 35.3 Å². The molecule has 0 radical (unpaired) electrons. The van der Waals surface area contributed by atoms with Crippen LogP contribution < -0.4 is 9.47 Å². The first-order valence-electron chi connectivity index (χ1n) is 5.48. The summed E-state index contributed by atoms with van der Waals surface area (Å²) in [7, 11) is 1.35. The van der Waals surface area contributed by atoms with Crippen molar-refractivity contribution in [3.8, 4) is 17.2 Å². The molecule has 20 heavy (non-hydrogen) atoms. The van der Waals surface area contributed by atoms with Gasteiger partial charge in [0.15, 0.2) is 0 Å². The number of para-hydroxylation sites is 1. The van der Waals surface area contributed by atoms with Crippen LogP contribution in [0.3, 0.4) is 0 Å². The van der Waals surface area contributed by atoms with Gasteiger partial charge in [-0.3, -0.25) is 10.1 Å². The summed E-state index contributed by atoms with van der Waals surface area (Å²) in [6.45, 7) is 0. The van der Waals surface area contributed by atoms with E-state index in [1.807, 2.05) is 0 Å². The molecule has 5 nitrogen and oxygen atoms in total. The molecule has 7 heteroatoms. The molecule has 0 aromatic heterocycles. The summed E-state index contributed by atoms with van der Waals surface area (Å²) < 4.78 is 10.4. The quantitative estimate of drug-likeness (QED) is 0.606. The Bertz CT molecular complexity index is 661. The summed E-state index contributed by atoms with van der Waals surface area (Å²) in [4.78, 5) is 10.6. The SMILES string of the molecule is COc1cccc(Oc2cccc(Cl)c2Cl)c1[N+](=O)[O-]. The molecule has 0 spiro atoms. The van der Waals surface area contributed by atoms with Crippen molar-refractivity contribution in [3.63, 3.8) is 0 Å². The fraction of sp³-hybridized carbons (Fsp3) is 0.0769. The maximum atomic E-state index is 11.1. The number of methoxy groups -OCH3 is 1. The third-order valence-electron chi connectivity index (χ3n) is 2.50. The number of rotatable bonds is 4. The van der Waals surface area contributed by atoms with Crippen molar-refractivity contribution in [1.82, 2.24) is 0 Å². The number of halogens is 2. The summed E-state index contributed by atoms with van der Waals surface area (Å²) >= 11 is 11.9. The number of hydrogen-bond acceptors (Lipinski definition) is 4. The highest BCUT2D eigenvalue weighted by Crippen LogP contribution is 2.41. The van der Waals surface area contributed by atoms with Gasteiger partial charge in [0.05, 0.1) is 17.1 Å². The second-order valence-corrected chi connectivity index (χ2v) is 4.50. The summed E-state index contributed by atoms with van der Waals surface area (Å²) in [5, 5.41) is 11.6. The van der Waals surface area contributed by atoms with Crippen LogP contribution >= 0.6 is 23.2 Å². The fourth-order valence-electron chi connectivity index (χ4n) is 1.61. The second-order valence-electron chi connectivity index (χ2n) is 3.72. The summed E-state index contributed by atoms with van der Waals surface area (Å²) in [6.07, 6.45) is 0. The number of nitro benzene ring substituents is 1. The lowest BCUT2D eigenvalue weighted by atomic mass is 10.2. The Kier molecular flexibility index (Phi) is 4.32. The van der Waals surface area contributed by atoms with E-state index < -0.39 is 4.92 Å². The normalized spacial score (nSPS) is 10.2. The molecule has 2 aromatic carbocycles. The van der Waals surface area contributed by atoms with Crippen LogP contribution in [-0.2, 0) is 0 Å². The van der Waals surface area contributed by atoms with Crippen LogP contribution in [0.5, 0.6) is 17.2 Å². The predicted molar refractivity (Wildman–Crippen MR) is 76.2 cm³/mol. The van der Waals surface area contributed by atoms with Crippen LogP contribution in [0.4, 0.5) is 5.69 Å². The van der Waals surface area contributed by atoms with Crippen molar-refractivity contribution in [2.45, 2.75) is 0 Å². The van der Waals surface area contributed by atoms with Crippen molar-refractivity contribution in [1.29, 1.82) is 0 Å². The van der Waals surface area contributed by atoms with Crippen LogP contribution in [0.15, 0.2) is 36.4 Å². The Hall–Kier alpha value is -1.98. The lowest BCUT2D eigenvalue weighted by Crippen LogP contribution is -1.97. The molecular weight excluding hydrogens is 305 g/mol. The van der Waals surface area contributed by atoms with Gasteiger partial charge in [-0.25, -0.2) is 0 Å². The van der Waals surface area contributed by atoms with Crippen molar-refractivity contribution >= 4 is 28.9 Å². The fourth-order valence-corrected chi connectivity index (χ4v) is 1.94. The molecule has 0 atom stereocenters. The predicted octanol–water partition coefficient (Wildman–Crippen LogP) is 4.70. The van der Waals surface area contributed by atoms with Gasteiger partial charge >= 0.3 is 5.69 Å². The van der Waals surface area contributed by atoms with Gasteiger partial charge in [-0.05, 0) is 24.3 Å². The smallest absolute Gasteiger partial charge is 0.352 e. The lowest BCUT2D eigenvalue weighted by Gasteiger charge is -2.10. The Labute approximate surface area is 124 Å². The maximum absolute atomic E-state index is 11.1. The van der Waals surface area contributed by atoms with Gasteiger partial charge in [0.1, 0.15) is 10.8 Å². The van der Waals surface area contributed by atoms with Crippen LogP contribution in [0.25, 0.3) is 0 Å². The first-order valence-corrected chi connectivity index (χ1v) is 6.23. The van der Waals surface area contributed by atoms with Gasteiger partial charge in [0, 0.05) is 0 Å². The molecule has 0 N–H and O–H groups in total. The van der Waals surface area contributed by atoms with E-state index in [1.165, 1.54) is 19.2 Å². The van der Waals surface area contributed by atoms with E-state index in [2.05, 4.69) is 0 Å². The van der Waals surface area contributed by atoms with Crippen LogP contribution in [0.1, 0.15) is 0 Å². The zero-order valence-electron chi connectivity index (χ0n) is 10.3. The average molecular weight is 314 g/mol. The number of hydrogen-bond donors (Lipinski definition) is 0. The number of nitrogens with zero attached hydrogens (tertiary/aromatic N) is 1. The Morgan fingerprint density at radius 3 is 2.30 bits per heavy atom. The van der Waals surface area contributed by atoms with Gasteiger partial charge < -0.3 is 9.47 Å². The molecule has 0 saturated carbocycles. The zero-order chi connectivity index (χ0) is 14.7. The first-order chi connectivity index (χ1) is 9.54. The van der Waals surface area contributed by atoms with Crippen molar-refractivity contribution in [2.75, 3.05) is 7.11 Å². The van der Waals surface area contributed by atoms with Crippen molar-refractivity contribution in [3.05, 3.63) is 56.6 Å². The molecular formula is C13H9Cl2NO4. The molecule has 0 aliphatic heterocycles. The van der Waals surface area contributed by atoms with Gasteiger partial charge in [-0.15, -0.1) is 0 Å². The molecule has 0 aliphatic carbocycles. The highest BCUT2D eigenvalue weighted by atomic mass is 35.5. The molecule has 0 fully saturated rings. The highest BCUT2D eigenvalue weighted by Gasteiger charge is 2.23. The van der Waals surface area contributed by atoms with Gasteiger partial charge in [0.25, 0.3) is 0 Å². The molecule has 0 heterocycles. The van der Waals surface area contributed by atoms with E-state index >= 15 is 0 Å². The van der Waals surface area contributed by atoms with Gasteiger partial charge in [0.2, 0.25) is 11.5 Å². The van der Waals surface area contributed by atoms with E-state index in [9.17, 15) is 10.1 Å². The molecule has 0 unspecified atom stereocenters. The minimum absolute atomic E-state index is 0.0264. The third-order valence-corrected chi connectivity index (χ3v) is 3.30. The maximum Gasteiger partial charge on any atom is 0.352 e. The molecule has 0 saturated heterocycles. The Morgan fingerprint density at radius 1 is 1.05 bits per heavy atom. The Balaban J connectivity index is 2.48. The summed E-state index contributed by atoms with van der Waals surface area (Å²) in [5.41, 5.74) is -0.272. The zero-order valence-corrected chi connectivity index (χ0v) is 11.8. The van der Waals surface area contributed by atoms with E-state index in [0.717, 1.165) is 0 Å². The molecule has 104 valence electrons. The minimum atomic E-state index is -0.577. The molecule has 0 amide bonds. The highest BCUT2D eigenvalue weighted by molar-refractivity contribution is 6.42. The number of nitro groups is 1. The summed E-state index contributed by atoms with van der Waals surface area (Å²) in [5.74, 6) is 0.361. The standard InChI is InChI=1S/C13H9Cl2NO4/c1-19-10-6-3-7-11(13(10)16(17)18)20-9-5-2-4-8(14)12(9)15/h2-7H,1H3. The van der Waals surface area contributed by atoms with E-state index in [0.29, 0.717) is 5.02 Å². The van der Waals surface area contributed by atoms with Crippen molar-refractivity contribution < 1.29 is 14.4 Å². The molecule has 2 rings (SSSR count). The van der Waals surface area contributed by atoms with Crippen molar-refractivity contribution in [2.24, 2.45) is 0 Å². The number of ether oxygens (including phenoxy) is 2. The van der Waals surface area contributed by atoms with Gasteiger partial charge in [-0.2, -0.15) is 0 Å². The third kappa shape index (κ3) is 2.79. The average Bonchev–Trinajstić information content (AvgIpc) is 2.43. The van der Waals surface area contributed by atoms with Crippen LogP contribution in [0, 0.1) is 10.1 Å². The molecule has 0 bridgehead atoms. The van der Waals surface area contributed by atoms with Crippen LogP contribution in [-0.4, -0.2) is 12.0 Å². The Morgan fingerprint density at radius 2 is 1.65 bits per heavy atom. The second kappa shape index (κ2) is 5.98.